The van der Waals surface area contributed by atoms with E-state index in [0.717, 1.165) is 31.1 Å². The number of methoxy groups -OCH3 is 1. The van der Waals surface area contributed by atoms with Gasteiger partial charge in [0.15, 0.2) is 0 Å². The van der Waals surface area contributed by atoms with E-state index < -0.39 is 0 Å². The van der Waals surface area contributed by atoms with Crippen molar-refractivity contribution in [3.63, 3.8) is 0 Å². The third-order valence-electron chi connectivity index (χ3n) is 2.55. The summed E-state index contributed by atoms with van der Waals surface area (Å²) in [6.45, 7) is 6.61. The number of rotatable bonds is 6. The number of aromatic nitrogens is 1. The van der Waals surface area contributed by atoms with E-state index in [0.29, 0.717) is 0 Å². The van der Waals surface area contributed by atoms with Crippen LogP contribution in [0.1, 0.15) is 25.6 Å². The van der Waals surface area contributed by atoms with E-state index in [1.165, 1.54) is 0 Å². The number of pyridine rings is 1. The van der Waals surface area contributed by atoms with Crippen LogP contribution in [0.25, 0.3) is 0 Å². The standard InChI is InChI=1S/C12H21N3O/c1-4-15(7-8-16-3)11-5-6-12(10(2)13)14-9-11/h5-6,9-10H,4,7-8,13H2,1-3H3. The average molecular weight is 223 g/mol. The van der Waals surface area contributed by atoms with Gasteiger partial charge in [0.2, 0.25) is 0 Å². The molecule has 4 nitrogen and oxygen atoms in total. The van der Waals surface area contributed by atoms with Gasteiger partial charge in [0.05, 0.1) is 24.2 Å². The van der Waals surface area contributed by atoms with Gasteiger partial charge >= 0.3 is 0 Å². The Morgan fingerprint density at radius 3 is 2.69 bits per heavy atom. The molecular formula is C12H21N3O. The summed E-state index contributed by atoms with van der Waals surface area (Å²) < 4.78 is 5.08. The Hall–Kier alpha value is -1.13. The molecule has 0 aliphatic rings. The van der Waals surface area contributed by atoms with Crippen molar-refractivity contribution in [2.75, 3.05) is 31.7 Å². The second-order valence-corrected chi connectivity index (χ2v) is 3.80. The number of ether oxygens (including phenoxy) is 1. The predicted octanol–water partition coefficient (Wildman–Crippen LogP) is 1.57. The van der Waals surface area contributed by atoms with Crippen molar-refractivity contribution in [1.29, 1.82) is 0 Å². The Morgan fingerprint density at radius 2 is 2.25 bits per heavy atom. The predicted molar refractivity (Wildman–Crippen MR) is 66.6 cm³/mol. The summed E-state index contributed by atoms with van der Waals surface area (Å²) in [5.74, 6) is 0. The molecule has 0 amide bonds. The highest BCUT2D eigenvalue weighted by Crippen LogP contribution is 2.14. The lowest BCUT2D eigenvalue weighted by Gasteiger charge is -2.22. The van der Waals surface area contributed by atoms with Crippen LogP contribution in [0.2, 0.25) is 0 Å². The van der Waals surface area contributed by atoms with Gasteiger partial charge in [-0.15, -0.1) is 0 Å². The molecule has 0 aromatic carbocycles. The van der Waals surface area contributed by atoms with Crippen molar-refractivity contribution in [2.24, 2.45) is 5.73 Å². The molecule has 0 bridgehead atoms. The lowest BCUT2D eigenvalue weighted by Crippen LogP contribution is -2.27. The average Bonchev–Trinajstić information content (AvgIpc) is 2.30. The fourth-order valence-electron chi connectivity index (χ4n) is 1.53. The summed E-state index contributed by atoms with van der Waals surface area (Å²) in [5.41, 5.74) is 7.79. The number of nitrogens with zero attached hydrogens (tertiary/aromatic N) is 2. The molecule has 1 aromatic rings. The van der Waals surface area contributed by atoms with E-state index in [1.54, 1.807) is 7.11 Å². The molecule has 1 unspecified atom stereocenters. The molecule has 0 aliphatic carbocycles. The molecule has 4 heteroatoms. The number of anilines is 1. The number of likely N-dealkylation sites (N-methyl/N-ethyl adjacent to an activating group) is 1. The van der Waals surface area contributed by atoms with Crippen molar-refractivity contribution >= 4 is 5.69 Å². The van der Waals surface area contributed by atoms with Crippen LogP contribution in [-0.4, -0.2) is 31.8 Å². The smallest absolute Gasteiger partial charge is 0.0637 e. The van der Waals surface area contributed by atoms with Crippen molar-refractivity contribution in [2.45, 2.75) is 19.9 Å². The van der Waals surface area contributed by atoms with Gasteiger partial charge in [0.1, 0.15) is 0 Å². The maximum Gasteiger partial charge on any atom is 0.0637 e. The number of hydrogen-bond acceptors (Lipinski definition) is 4. The van der Waals surface area contributed by atoms with Crippen LogP contribution in [0.3, 0.4) is 0 Å². The Bertz CT molecular complexity index is 298. The van der Waals surface area contributed by atoms with Gasteiger partial charge in [-0.2, -0.15) is 0 Å². The summed E-state index contributed by atoms with van der Waals surface area (Å²) in [6.07, 6.45) is 1.87. The largest absolute Gasteiger partial charge is 0.383 e. The zero-order chi connectivity index (χ0) is 12.0. The Labute approximate surface area is 97.4 Å². The fourth-order valence-corrected chi connectivity index (χ4v) is 1.53. The zero-order valence-electron chi connectivity index (χ0n) is 10.3. The van der Waals surface area contributed by atoms with Crippen LogP contribution >= 0.6 is 0 Å². The molecular weight excluding hydrogens is 202 g/mol. The maximum absolute atomic E-state index is 5.76. The molecule has 0 radical (unpaired) electrons. The summed E-state index contributed by atoms with van der Waals surface area (Å²) in [4.78, 5) is 6.57. The minimum Gasteiger partial charge on any atom is -0.383 e. The van der Waals surface area contributed by atoms with E-state index in [9.17, 15) is 0 Å². The van der Waals surface area contributed by atoms with E-state index in [1.807, 2.05) is 19.2 Å². The highest BCUT2D eigenvalue weighted by Gasteiger charge is 2.05. The van der Waals surface area contributed by atoms with Crippen LogP contribution in [0.5, 0.6) is 0 Å². The third-order valence-corrected chi connectivity index (χ3v) is 2.55. The Balaban J connectivity index is 2.70. The van der Waals surface area contributed by atoms with Crippen LogP contribution in [0.15, 0.2) is 18.3 Å². The minimum atomic E-state index is -0.0110. The minimum absolute atomic E-state index is 0.0110. The first-order valence-electron chi connectivity index (χ1n) is 5.64. The van der Waals surface area contributed by atoms with E-state index in [4.69, 9.17) is 10.5 Å². The first-order chi connectivity index (χ1) is 7.69. The molecule has 0 saturated heterocycles. The van der Waals surface area contributed by atoms with Gasteiger partial charge in [0.25, 0.3) is 0 Å². The van der Waals surface area contributed by atoms with Gasteiger partial charge in [-0.1, -0.05) is 0 Å². The molecule has 1 atom stereocenters. The highest BCUT2D eigenvalue weighted by molar-refractivity contribution is 5.44. The maximum atomic E-state index is 5.76. The highest BCUT2D eigenvalue weighted by atomic mass is 16.5. The summed E-state index contributed by atoms with van der Waals surface area (Å²) in [5, 5.41) is 0. The van der Waals surface area contributed by atoms with Crippen LogP contribution < -0.4 is 10.6 Å². The molecule has 0 aliphatic heterocycles. The van der Waals surface area contributed by atoms with Gasteiger partial charge in [-0.05, 0) is 26.0 Å². The van der Waals surface area contributed by atoms with E-state index >= 15 is 0 Å². The summed E-state index contributed by atoms with van der Waals surface area (Å²) >= 11 is 0. The summed E-state index contributed by atoms with van der Waals surface area (Å²) in [6, 6.07) is 4.03. The molecule has 1 aromatic heterocycles. The van der Waals surface area contributed by atoms with Crippen molar-refractivity contribution in [3.8, 4) is 0 Å². The number of nitrogens with two attached hydrogens (primary N) is 1. The second-order valence-electron chi connectivity index (χ2n) is 3.80. The van der Waals surface area contributed by atoms with E-state index in [-0.39, 0.29) is 6.04 Å². The normalized spacial score (nSPS) is 12.5. The van der Waals surface area contributed by atoms with Crippen molar-refractivity contribution in [1.82, 2.24) is 4.98 Å². The summed E-state index contributed by atoms with van der Waals surface area (Å²) in [7, 11) is 1.71. The molecule has 2 N–H and O–H groups in total. The lowest BCUT2D eigenvalue weighted by atomic mass is 10.2. The molecule has 0 fully saturated rings. The molecule has 0 saturated carbocycles. The molecule has 1 rings (SSSR count). The van der Waals surface area contributed by atoms with Gasteiger partial charge < -0.3 is 15.4 Å². The van der Waals surface area contributed by atoms with Crippen LogP contribution in [0.4, 0.5) is 5.69 Å². The molecule has 16 heavy (non-hydrogen) atoms. The molecule has 1 heterocycles. The second kappa shape index (κ2) is 6.45. The lowest BCUT2D eigenvalue weighted by molar-refractivity contribution is 0.205. The monoisotopic (exact) mass is 223 g/mol. The van der Waals surface area contributed by atoms with Crippen molar-refractivity contribution in [3.05, 3.63) is 24.0 Å². The zero-order valence-corrected chi connectivity index (χ0v) is 10.3. The fraction of sp³-hybridized carbons (Fsp3) is 0.583. The first-order valence-corrected chi connectivity index (χ1v) is 5.64. The van der Waals surface area contributed by atoms with Gasteiger partial charge in [0, 0.05) is 26.2 Å². The Morgan fingerprint density at radius 1 is 1.50 bits per heavy atom. The van der Waals surface area contributed by atoms with Gasteiger partial charge in [-0.25, -0.2) is 0 Å². The third kappa shape index (κ3) is 3.47. The molecule has 90 valence electrons. The Kier molecular flexibility index (Phi) is 5.22. The van der Waals surface area contributed by atoms with Gasteiger partial charge in [-0.3, -0.25) is 4.98 Å². The van der Waals surface area contributed by atoms with E-state index in [2.05, 4.69) is 22.9 Å². The number of hydrogen-bond donors (Lipinski definition) is 1. The SMILES string of the molecule is CCN(CCOC)c1ccc(C(C)N)nc1. The van der Waals surface area contributed by atoms with Crippen molar-refractivity contribution < 1.29 is 4.74 Å². The first kappa shape index (κ1) is 12.9. The molecule has 0 spiro atoms. The topological polar surface area (TPSA) is 51.4 Å². The van der Waals surface area contributed by atoms with Crippen LogP contribution in [-0.2, 0) is 4.74 Å². The quantitative estimate of drug-likeness (QED) is 0.795. The van der Waals surface area contributed by atoms with Crippen LogP contribution in [0, 0.1) is 0 Å².